The first-order valence-corrected chi connectivity index (χ1v) is 10.6. The number of aromatic nitrogens is 3. The Kier molecular flexibility index (Phi) is 6.62. The molecule has 1 saturated heterocycles. The Morgan fingerprint density at radius 3 is 2.71 bits per heavy atom. The summed E-state index contributed by atoms with van der Waals surface area (Å²) in [6.45, 7) is 2.90. The second kappa shape index (κ2) is 9.75. The molecule has 7 nitrogen and oxygen atoms in total. The number of rotatable bonds is 7. The lowest BCUT2D eigenvalue weighted by Gasteiger charge is -2.32. The van der Waals surface area contributed by atoms with Crippen molar-refractivity contribution >= 4 is 5.82 Å². The minimum Gasteiger partial charge on any atom is -0.493 e. The van der Waals surface area contributed by atoms with E-state index in [9.17, 15) is 0 Å². The molecule has 0 amide bonds. The molecule has 3 aromatic rings. The topological polar surface area (TPSA) is 72.4 Å². The molecular weight excluding hydrogens is 390 g/mol. The molecule has 1 aromatic carbocycles. The number of ether oxygens (including phenoxy) is 2. The summed E-state index contributed by atoms with van der Waals surface area (Å²) < 4.78 is 10.8. The normalized spacial score (nSPS) is 16.7. The molecular formula is C24H29N5O2. The molecule has 7 heteroatoms. The molecule has 1 fully saturated rings. The maximum Gasteiger partial charge on any atom is 0.163 e. The Bertz CT molecular complexity index is 1010. The van der Waals surface area contributed by atoms with Gasteiger partial charge in [0.2, 0.25) is 0 Å². The highest BCUT2D eigenvalue weighted by atomic mass is 16.5. The van der Waals surface area contributed by atoms with Gasteiger partial charge < -0.3 is 14.8 Å². The van der Waals surface area contributed by atoms with Gasteiger partial charge in [-0.05, 0) is 49.2 Å². The van der Waals surface area contributed by atoms with E-state index in [2.05, 4.69) is 38.4 Å². The molecule has 0 aliphatic carbocycles. The average Bonchev–Trinajstić information content (AvgIpc) is 2.84. The van der Waals surface area contributed by atoms with Gasteiger partial charge in [-0.2, -0.15) is 0 Å². The summed E-state index contributed by atoms with van der Waals surface area (Å²) in [5.74, 6) is 3.43. The number of methoxy groups -OCH3 is 2. The van der Waals surface area contributed by atoms with Gasteiger partial charge in [0.15, 0.2) is 17.3 Å². The highest BCUT2D eigenvalue weighted by Crippen LogP contribution is 2.31. The van der Waals surface area contributed by atoms with Gasteiger partial charge in [0.25, 0.3) is 0 Å². The van der Waals surface area contributed by atoms with Crippen LogP contribution in [0.2, 0.25) is 0 Å². The fourth-order valence-corrected chi connectivity index (χ4v) is 4.11. The lowest BCUT2D eigenvalue weighted by atomic mass is 9.94. The molecule has 1 aliphatic rings. The van der Waals surface area contributed by atoms with E-state index in [-0.39, 0.29) is 0 Å². The Labute approximate surface area is 183 Å². The van der Waals surface area contributed by atoms with Crippen molar-refractivity contribution < 1.29 is 9.47 Å². The number of pyridine rings is 1. The van der Waals surface area contributed by atoms with E-state index in [1.165, 1.54) is 5.56 Å². The van der Waals surface area contributed by atoms with E-state index in [1.807, 2.05) is 31.4 Å². The second-order valence-corrected chi connectivity index (χ2v) is 7.76. The Morgan fingerprint density at radius 1 is 1.10 bits per heavy atom. The summed E-state index contributed by atoms with van der Waals surface area (Å²) in [4.78, 5) is 16.3. The Balaban J connectivity index is 1.53. The first kappa shape index (κ1) is 21.1. The van der Waals surface area contributed by atoms with Crippen LogP contribution in [-0.2, 0) is 6.54 Å². The number of anilines is 1. The third kappa shape index (κ3) is 4.94. The van der Waals surface area contributed by atoms with Gasteiger partial charge in [-0.25, -0.2) is 9.97 Å². The van der Waals surface area contributed by atoms with Gasteiger partial charge in [-0.3, -0.25) is 9.88 Å². The van der Waals surface area contributed by atoms with Crippen LogP contribution in [-0.4, -0.2) is 54.2 Å². The third-order valence-electron chi connectivity index (χ3n) is 5.70. The van der Waals surface area contributed by atoms with Crippen molar-refractivity contribution in [2.24, 2.45) is 0 Å². The quantitative estimate of drug-likeness (QED) is 0.621. The molecule has 0 radical (unpaired) electrons. The number of nitrogens with one attached hydrogen (secondary N) is 1. The number of likely N-dealkylation sites (tertiary alicyclic amines) is 1. The molecule has 2 aromatic heterocycles. The van der Waals surface area contributed by atoms with Crippen molar-refractivity contribution in [2.75, 3.05) is 39.7 Å². The minimum atomic E-state index is 0.361. The first-order valence-electron chi connectivity index (χ1n) is 10.6. The largest absolute Gasteiger partial charge is 0.493 e. The first-order chi connectivity index (χ1) is 15.2. The molecule has 162 valence electrons. The van der Waals surface area contributed by atoms with Crippen LogP contribution in [0.25, 0.3) is 11.4 Å². The Hall–Kier alpha value is -3.19. The van der Waals surface area contributed by atoms with Gasteiger partial charge in [0, 0.05) is 50.1 Å². The minimum absolute atomic E-state index is 0.361. The number of benzene rings is 1. The van der Waals surface area contributed by atoms with Gasteiger partial charge in [0.1, 0.15) is 5.82 Å². The number of hydrogen-bond donors (Lipinski definition) is 1. The van der Waals surface area contributed by atoms with E-state index in [0.29, 0.717) is 11.7 Å². The molecule has 1 N–H and O–H groups in total. The fraction of sp³-hybridized carbons (Fsp3) is 0.375. The predicted octanol–water partition coefficient (Wildman–Crippen LogP) is 3.98. The predicted molar refractivity (Wildman–Crippen MR) is 122 cm³/mol. The molecule has 31 heavy (non-hydrogen) atoms. The number of piperidine rings is 1. The van der Waals surface area contributed by atoms with Crippen molar-refractivity contribution in [3.8, 4) is 22.9 Å². The molecule has 3 heterocycles. The summed E-state index contributed by atoms with van der Waals surface area (Å²) in [6.07, 6.45) is 5.83. The van der Waals surface area contributed by atoms with Crippen molar-refractivity contribution in [3.63, 3.8) is 0 Å². The summed E-state index contributed by atoms with van der Waals surface area (Å²) in [5, 5.41) is 3.18. The van der Waals surface area contributed by atoms with Gasteiger partial charge in [-0.15, -0.1) is 0 Å². The summed E-state index contributed by atoms with van der Waals surface area (Å²) >= 11 is 0. The molecule has 4 rings (SSSR count). The van der Waals surface area contributed by atoms with Crippen LogP contribution < -0.4 is 14.8 Å². The van der Waals surface area contributed by atoms with Crippen LogP contribution >= 0.6 is 0 Å². The molecule has 0 spiro atoms. The van der Waals surface area contributed by atoms with Crippen molar-refractivity contribution in [2.45, 2.75) is 25.3 Å². The standard InChI is InChI=1S/C24H29N5O2/c1-25-23-13-20(27-24(28-23)18-6-4-10-26-14-18)19-7-5-11-29(16-19)15-17-8-9-21(30-2)22(12-17)31-3/h4,6,8-10,12-14,19H,5,7,11,15-16H2,1-3H3,(H,25,27,28)/t19-/m1/s1. The summed E-state index contributed by atoms with van der Waals surface area (Å²) in [6, 6.07) is 12.1. The highest BCUT2D eigenvalue weighted by Gasteiger charge is 2.24. The highest BCUT2D eigenvalue weighted by molar-refractivity contribution is 5.56. The van der Waals surface area contributed by atoms with Crippen LogP contribution in [0.15, 0.2) is 48.8 Å². The number of hydrogen-bond acceptors (Lipinski definition) is 7. The van der Waals surface area contributed by atoms with Crippen molar-refractivity contribution in [1.29, 1.82) is 0 Å². The second-order valence-electron chi connectivity index (χ2n) is 7.76. The number of nitrogens with zero attached hydrogens (tertiary/aromatic N) is 4. The van der Waals surface area contributed by atoms with Crippen molar-refractivity contribution in [3.05, 3.63) is 60.0 Å². The van der Waals surface area contributed by atoms with Crippen LogP contribution in [0.5, 0.6) is 11.5 Å². The average molecular weight is 420 g/mol. The van der Waals surface area contributed by atoms with Gasteiger partial charge in [0.05, 0.1) is 19.9 Å². The van der Waals surface area contributed by atoms with E-state index >= 15 is 0 Å². The lowest BCUT2D eigenvalue weighted by molar-refractivity contribution is 0.198. The molecule has 1 aliphatic heterocycles. The molecule has 1 atom stereocenters. The fourth-order valence-electron chi connectivity index (χ4n) is 4.11. The van der Waals surface area contributed by atoms with E-state index < -0.39 is 0 Å². The SMILES string of the molecule is CNc1cc([C@@H]2CCCN(Cc3ccc(OC)c(OC)c3)C2)nc(-c2cccnc2)n1. The molecule has 0 saturated carbocycles. The van der Waals surface area contributed by atoms with E-state index in [4.69, 9.17) is 14.5 Å². The zero-order chi connectivity index (χ0) is 21.6. The van der Waals surface area contributed by atoms with E-state index in [0.717, 1.165) is 61.1 Å². The maximum absolute atomic E-state index is 5.46. The van der Waals surface area contributed by atoms with Crippen LogP contribution in [0.4, 0.5) is 5.82 Å². The smallest absolute Gasteiger partial charge is 0.163 e. The Morgan fingerprint density at radius 2 is 1.97 bits per heavy atom. The van der Waals surface area contributed by atoms with Crippen LogP contribution in [0.3, 0.4) is 0 Å². The zero-order valence-corrected chi connectivity index (χ0v) is 18.3. The van der Waals surface area contributed by atoms with Gasteiger partial charge >= 0.3 is 0 Å². The van der Waals surface area contributed by atoms with Crippen LogP contribution in [0, 0.1) is 0 Å². The molecule has 0 unspecified atom stereocenters. The van der Waals surface area contributed by atoms with Crippen LogP contribution in [0.1, 0.15) is 30.0 Å². The molecule has 0 bridgehead atoms. The summed E-state index contributed by atoms with van der Waals surface area (Å²) in [7, 11) is 5.23. The summed E-state index contributed by atoms with van der Waals surface area (Å²) in [5.41, 5.74) is 3.22. The van der Waals surface area contributed by atoms with E-state index in [1.54, 1.807) is 20.4 Å². The zero-order valence-electron chi connectivity index (χ0n) is 18.3. The lowest BCUT2D eigenvalue weighted by Crippen LogP contribution is -2.34. The monoisotopic (exact) mass is 419 g/mol. The maximum atomic E-state index is 5.46. The third-order valence-corrected chi connectivity index (χ3v) is 5.70. The van der Waals surface area contributed by atoms with Crippen molar-refractivity contribution in [1.82, 2.24) is 19.9 Å². The van der Waals surface area contributed by atoms with Gasteiger partial charge in [-0.1, -0.05) is 6.07 Å².